The van der Waals surface area contributed by atoms with E-state index in [9.17, 15) is 4.79 Å². The van der Waals surface area contributed by atoms with Crippen molar-refractivity contribution in [2.45, 2.75) is 38.6 Å². The molecule has 3 atom stereocenters. The van der Waals surface area contributed by atoms with Gasteiger partial charge in [-0.1, -0.05) is 13.3 Å². The van der Waals surface area contributed by atoms with Crippen molar-refractivity contribution in [3.63, 3.8) is 0 Å². The van der Waals surface area contributed by atoms with Gasteiger partial charge in [0.2, 0.25) is 0 Å². The van der Waals surface area contributed by atoms with Gasteiger partial charge in [0.1, 0.15) is 0 Å². The molecule has 0 bridgehead atoms. The van der Waals surface area contributed by atoms with E-state index >= 15 is 0 Å². The first-order valence-corrected chi connectivity index (χ1v) is 5.09. The quantitative estimate of drug-likeness (QED) is 0.700. The van der Waals surface area contributed by atoms with Crippen LogP contribution in [-0.2, 0) is 4.79 Å². The van der Waals surface area contributed by atoms with Gasteiger partial charge >= 0.3 is 5.97 Å². The predicted molar refractivity (Wildman–Crippen MR) is 51.6 cm³/mol. The molecule has 0 aromatic carbocycles. The summed E-state index contributed by atoms with van der Waals surface area (Å²) in [6.45, 7) is 2.08. The van der Waals surface area contributed by atoms with Crippen molar-refractivity contribution in [3.05, 3.63) is 0 Å². The summed E-state index contributed by atoms with van der Waals surface area (Å²) in [6, 6.07) is 0.406. The highest BCUT2D eigenvalue weighted by molar-refractivity contribution is 5.70. The number of hydrogen-bond donors (Lipinski definition) is 2. The van der Waals surface area contributed by atoms with E-state index in [1.165, 1.54) is 0 Å². The molecule has 1 saturated carbocycles. The minimum atomic E-state index is -0.619. The molecule has 0 saturated heterocycles. The molecule has 1 aliphatic carbocycles. The van der Waals surface area contributed by atoms with Crippen LogP contribution in [0, 0.1) is 11.8 Å². The Balaban J connectivity index is 2.57. The first kappa shape index (κ1) is 10.5. The topological polar surface area (TPSA) is 49.3 Å². The van der Waals surface area contributed by atoms with E-state index in [-0.39, 0.29) is 5.92 Å². The second-order valence-corrected chi connectivity index (χ2v) is 3.91. The van der Waals surface area contributed by atoms with Gasteiger partial charge < -0.3 is 10.4 Å². The van der Waals surface area contributed by atoms with Crippen LogP contribution in [0.4, 0.5) is 0 Å². The fraction of sp³-hybridized carbons (Fsp3) is 0.900. The van der Waals surface area contributed by atoms with Crippen molar-refractivity contribution in [1.29, 1.82) is 0 Å². The van der Waals surface area contributed by atoms with Crippen molar-refractivity contribution in [1.82, 2.24) is 5.32 Å². The summed E-state index contributed by atoms with van der Waals surface area (Å²) in [6.07, 6.45) is 3.97. The molecular weight excluding hydrogens is 166 g/mol. The van der Waals surface area contributed by atoms with E-state index < -0.39 is 5.97 Å². The van der Waals surface area contributed by atoms with Crippen LogP contribution in [0.3, 0.4) is 0 Å². The average molecular weight is 185 g/mol. The standard InChI is InChI=1S/C10H19NO2/c1-3-7-4-5-8(11-2)6-9(7)10(12)13/h7-9,11H,3-6H2,1-2H3,(H,12,13). The normalized spacial score (nSPS) is 34.5. The van der Waals surface area contributed by atoms with Crippen LogP contribution in [0.5, 0.6) is 0 Å². The molecule has 1 rings (SSSR count). The molecule has 2 N–H and O–H groups in total. The Hall–Kier alpha value is -0.570. The molecule has 0 heterocycles. The van der Waals surface area contributed by atoms with Crippen LogP contribution in [0.1, 0.15) is 32.6 Å². The number of carboxylic acid groups (broad SMARTS) is 1. The Kier molecular flexibility index (Phi) is 3.72. The van der Waals surface area contributed by atoms with Crippen LogP contribution in [-0.4, -0.2) is 24.2 Å². The van der Waals surface area contributed by atoms with Crippen molar-refractivity contribution >= 4 is 5.97 Å². The zero-order chi connectivity index (χ0) is 9.84. The maximum absolute atomic E-state index is 11.0. The summed E-state index contributed by atoms with van der Waals surface area (Å²) in [4.78, 5) is 11.0. The molecule has 3 heteroatoms. The summed E-state index contributed by atoms with van der Waals surface area (Å²) in [5, 5.41) is 12.2. The van der Waals surface area contributed by atoms with Gasteiger partial charge in [0.05, 0.1) is 5.92 Å². The van der Waals surface area contributed by atoms with E-state index in [4.69, 9.17) is 5.11 Å². The van der Waals surface area contributed by atoms with Gasteiger partial charge in [-0.3, -0.25) is 4.79 Å². The SMILES string of the molecule is CCC1CCC(NC)CC1C(=O)O. The van der Waals surface area contributed by atoms with Gasteiger partial charge in [-0.25, -0.2) is 0 Å². The second-order valence-electron chi connectivity index (χ2n) is 3.91. The fourth-order valence-electron chi connectivity index (χ4n) is 2.29. The van der Waals surface area contributed by atoms with Crippen molar-refractivity contribution in [2.24, 2.45) is 11.8 Å². The first-order chi connectivity index (χ1) is 6.19. The lowest BCUT2D eigenvalue weighted by atomic mass is 9.76. The lowest BCUT2D eigenvalue weighted by Gasteiger charge is -2.33. The lowest BCUT2D eigenvalue weighted by molar-refractivity contribution is -0.145. The summed E-state index contributed by atoms with van der Waals surface area (Å²) in [5.74, 6) is -0.356. The highest BCUT2D eigenvalue weighted by Crippen LogP contribution is 2.32. The number of rotatable bonds is 3. The fourth-order valence-corrected chi connectivity index (χ4v) is 2.29. The van der Waals surface area contributed by atoms with E-state index in [1.807, 2.05) is 7.05 Å². The molecule has 76 valence electrons. The number of carbonyl (C=O) groups is 1. The molecule has 13 heavy (non-hydrogen) atoms. The third kappa shape index (κ3) is 2.44. The van der Waals surface area contributed by atoms with Crippen molar-refractivity contribution in [3.8, 4) is 0 Å². The molecule has 1 aliphatic rings. The largest absolute Gasteiger partial charge is 0.481 e. The Bertz CT molecular complexity index is 182. The highest BCUT2D eigenvalue weighted by Gasteiger charge is 2.33. The molecular formula is C10H19NO2. The molecule has 0 aromatic rings. The average Bonchev–Trinajstić information content (AvgIpc) is 2.16. The number of aliphatic carboxylic acids is 1. The van der Waals surface area contributed by atoms with Crippen LogP contribution in [0.15, 0.2) is 0 Å². The van der Waals surface area contributed by atoms with Gasteiger partial charge in [0.25, 0.3) is 0 Å². The Morgan fingerprint density at radius 1 is 1.54 bits per heavy atom. The van der Waals surface area contributed by atoms with Gasteiger partial charge in [-0.05, 0) is 32.2 Å². The molecule has 0 amide bonds. The Labute approximate surface area is 79.5 Å². The minimum absolute atomic E-state index is 0.129. The smallest absolute Gasteiger partial charge is 0.306 e. The van der Waals surface area contributed by atoms with Crippen molar-refractivity contribution < 1.29 is 9.90 Å². The molecule has 0 aromatic heterocycles. The van der Waals surface area contributed by atoms with E-state index in [1.54, 1.807) is 0 Å². The van der Waals surface area contributed by atoms with Gasteiger partial charge in [0, 0.05) is 6.04 Å². The Morgan fingerprint density at radius 2 is 2.23 bits per heavy atom. The number of carboxylic acids is 1. The maximum Gasteiger partial charge on any atom is 0.306 e. The predicted octanol–water partition coefficient (Wildman–Crippen LogP) is 1.49. The van der Waals surface area contributed by atoms with Crippen LogP contribution in [0.25, 0.3) is 0 Å². The third-order valence-corrected chi connectivity index (χ3v) is 3.24. The monoisotopic (exact) mass is 185 g/mol. The van der Waals surface area contributed by atoms with E-state index in [2.05, 4.69) is 12.2 Å². The summed E-state index contributed by atoms with van der Waals surface area (Å²) < 4.78 is 0. The van der Waals surface area contributed by atoms with Gasteiger partial charge in [-0.15, -0.1) is 0 Å². The molecule has 0 radical (unpaired) electrons. The lowest BCUT2D eigenvalue weighted by Crippen LogP contribution is -2.38. The van der Waals surface area contributed by atoms with Crippen LogP contribution in [0.2, 0.25) is 0 Å². The van der Waals surface area contributed by atoms with Gasteiger partial charge in [0.15, 0.2) is 0 Å². The summed E-state index contributed by atoms with van der Waals surface area (Å²) in [7, 11) is 1.91. The molecule has 1 fully saturated rings. The Morgan fingerprint density at radius 3 is 2.69 bits per heavy atom. The van der Waals surface area contributed by atoms with Crippen LogP contribution < -0.4 is 5.32 Å². The van der Waals surface area contributed by atoms with E-state index in [0.717, 1.165) is 25.7 Å². The minimum Gasteiger partial charge on any atom is -0.481 e. The zero-order valence-corrected chi connectivity index (χ0v) is 8.42. The molecule has 0 spiro atoms. The van der Waals surface area contributed by atoms with Gasteiger partial charge in [-0.2, -0.15) is 0 Å². The second kappa shape index (κ2) is 4.61. The highest BCUT2D eigenvalue weighted by atomic mass is 16.4. The van der Waals surface area contributed by atoms with Crippen LogP contribution >= 0.6 is 0 Å². The van der Waals surface area contributed by atoms with Crippen molar-refractivity contribution in [2.75, 3.05) is 7.05 Å². The molecule has 3 nitrogen and oxygen atoms in total. The summed E-state index contributed by atoms with van der Waals surface area (Å²) >= 11 is 0. The summed E-state index contributed by atoms with van der Waals surface area (Å²) in [5.41, 5.74) is 0. The zero-order valence-electron chi connectivity index (χ0n) is 8.42. The molecule has 0 aliphatic heterocycles. The van der Waals surface area contributed by atoms with E-state index in [0.29, 0.717) is 12.0 Å². The number of hydrogen-bond acceptors (Lipinski definition) is 2. The molecule has 3 unspecified atom stereocenters. The maximum atomic E-state index is 11.0. The first-order valence-electron chi connectivity index (χ1n) is 5.09. The third-order valence-electron chi connectivity index (χ3n) is 3.24. The number of nitrogens with one attached hydrogen (secondary N) is 1.